The van der Waals surface area contributed by atoms with Crippen LogP contribution in [0.2, 0.25) is 0 Å². The minimum absolute atomic E-state index is 0.433. The Balaban J connectivity index is 1.79. The van der Waals surface area contributed by atoms with E-state index in [-0.39, 0.29) is 0 Å². The highest BCUT2D eigenvalue weighted by Crippen LogP contribution is 2.17. The van der Waals surface area contributed by atoms with E-state index < -0.39 is 0 Å². The summed E-state index contributed by atoms with van der Waals surface area (Å²) in [5, 5.41) is 0. The SMILES string of the molecule is CN1CCN(C2CCCCO2)CC1. The highest BCUT2D eigenvalue weighted by Gasteiger charge is 2.24. The summed E-state index contributed by atoms with van der Waals surface area (Å²) in [6.07, 6.45) is 4.27. The molecule has 0 aliphatic carbocycles. The second kappa shape index (κ2) is 4.40. The molecule has 0 amide bonds. The molecule has 2 saturated heterocycles. The van der Waals surface area contributed by atoms with Crippen molar-refractivity contribution in [2.75, 3.05) is 39.8 Å². The van der Waals surface area contributed by atoms with Crippen LogP contribution in [0.3, 0.4) is 0 Å². The number of piperazine rings is 1. The van der Waals surface area contributed by atoms with Crippen molar-refractivity contribution < 1.29 is 4.74 Å². The molecule has 0 radical (unpaired) electrons. The Morgan fingerprint density at radius 3 is 2.46 bits per heavy atom. The first-order valence-corrected chi connectivity index (χ1v) is 5.40. The molecule has 0 spiro atoms. The van der Waals surface area contributed by atoms with Gasteiger partial charge < -0.3 is 9.64 Å². The highest BCUT2D eigenvalue weighted by molar-refractivity contribution is 4.73. The second-order valence-corrected chi connectivity index (χ2v) is 4.16. The summed E-state index contributed by atoms with van der Waals surface area (Å²) < 4.78 is 5.76. The van der Waals surface area contributed by atoms with Crippen LogP contribution in [0.15, 0.2) is 0 Å². The van der Waals surface area contributed by atoms with Crippen molar-refractivity contribution in [3.05, 3.63) is 0 Å². The van der Waals surface area contributed by atoms with Gasteiger partial charge in [-0.15, -0.1) is 0 Å². The minimum atomic E-state index is 0.433. The Labute approximate surface area is 80.6 Å². The van der Waals surface area contributed by atoms with Crippen LogP contribution in [-0.2, 0) is 4.74 Å². The fraction of sp³-hybridized carbons (Fsp3) is 1.00. The molecule has 0 aromatic carbocycles. The summed E-state index contributed by atoms with van der Waals surface area (Å²) in [5.74, 6) is 0. The summed E-state index contributed by atoms with van der Waals surface area (Å²) in [5.41, 5.74) is 0. The van der Waals surface area contributed by atoms with Gasteiger partial charge in [0.25, 0.3) is 0 Å². The molecule has 1 unspecified atom stereocenters. The first-order chi connectivity index (χ1) is 6.36. The van der Waals surface area contributed by atoms with Crippen molar-refractivity contribution in [2.24, 2.45) is 0 Å². The molecular formula is C10H20N2O. The summed E-state index contributed by atoms with van der Waals surface area (Å²) in [6.45, 7) is 5.72. The Morgan fingerprint density at radius 2 is 1.85 bits per heavy atom. The topological polar surface area (TPSA) is 15.7 Å². The van der Waals surface area contributed by atoms with Crippen molar-refractivity contribution in [3.8, 4) is 0 Å². The zero-order valence-corrected chi connectivity index (χ0v) is 8.54. The van der Waals surface area contributed by atoms with Gasteiger partial charge in [-0.3, -0.25) is 4.90 Å². The van der Waals surface area contributed by atoms with Gasteiger partial charge in [-0.25, -0.2) is 0 Å². The van der Waals surface area contributed by atoms with E-state index in [1.807, 2.05) is 0 Å². The van der Waals surface area contributed by atoms with Gasteiger partial charge in [0, 0.05) is 32.8 Å². The van der Waals surface area contributed by atoms with Crippen LogP contribution in [0.1, 0.15) is 19.3 Å². The fourth-order valence-electron chi connectivity index (χ4n) is 2.12. The standard InChI is InChI=1S/C10H20N2O/c1-11-5-7-12(8-6-11)10-4-2-3-9-13-10/h10H,2-9H2,1H3. The van der Waals surface area contributed by atoms with Crippen LogP contribution in [0.25, 0.3) is 0 Å². The Hall–Kier alpha value is -0.120. The van der Waals surface area contributed by atoms with E-state index in [4.69, 9.17) is 4.74 Å². The van der Waals surface area contributed by atoms with Crippen LogP contribution in [-0.4, -0.2) is 55.9 Å². The van der Waals surface area contributed by atoms with E-state index in [2.05, 4.69) is 16.8 Å². The Bertz CT molecular complexity index is 149. The molecular weight excluding hydrogens is 164 g/mol. The molecule has 3 nitrogen and oxygen atoms in total. The lowest BCUT2D eigenvalue weighted by atomic mass is 10.1. The molecule has 76 valence electrons. The van der Waals surface area contributed by atoms with Crippen LogP contribution in [0.5, 0.6) is 0 Å². The quantitative estimate of drug-likeness (QED) is 0.598. The monoisotopic (exact) mass is 184 g/mol. The van der Waals surface area contributed by atoms with Crippen molar-refractivity contribution in [2.45, 2.75) is 25.5 Å². The summed E-state index contributed by atoms with van der Waals surface area (Å²) in [6, 6.07) is 0. The van der Waals surface area contributed by atoms with Gasteiger partial charge in [0.05, 0.1) is 0 Å². The molecule has 0 aromatic rings. The van der Waals surface area contributed by atoms with Gasteiger partial charge in [-0.05, 0) is 26.3 Å². The van der Waals surface area contributed by atoms with Crippen molar-refractivity contribution >= 4 is 0 Å². The predicted molar refractivity (Wildman–Crippen MR) is 52.7 cm³/mol. The number of hydrogen-bond donors (Lipinski definition) is 0. The van der Waals surface area contributed by atoms with E-state index in [0.29, 0.717) is 6.23 Å². The predicted octanol–water partition coefficient (Wildman–Crippen LogP) is 0.760. The average Bonchev–Trinajstić information content (AvgIpc) is 2.20. The molecule has 3 heteroatoms. The largest absolute Gasteiger partial charge is 0.363 e. The number of nitrogens with zero attached hydrogens (tertiary/aromatic N) is 2. The third-order valence-corrected chi connectivity index (χ3v) is 3.10. The maximum Gasteiger partial charge on any atom is 0.110 e. The molecule has 1 atom stereocenters. The highest BCUT2D eigenvalue weighted by atomic mass is 16.5. The van der Waals surface area contributed by atoms with Gasteiger partial charge in [0.15, 0.2) is 0 Å². The van der Waals surface area contributed by atoms with Crippen LogP contribution < -0.4 is 0 Å². The van der Waals surface area contributed by atoms with Crippen LogP contribution in [0, 0.1) is 0 Å². The molecule has 2 aliphatic heterocycles. The minimum Gasteiger partial charge on any atom is -0.363 e. The number of rotatable bonds is 1. The maximum atomic E-state index is 5.76. The molecule has 2 aliphatic rings. The number of hydrogen-bond acceptors (Lipinski definition) is 3. The van der Waals surface area contributed by atoms with Gasteiger partial charge in [-0.2, -0.15) is 0 Å². The molecule has 2 rings (SSSR count). The first-order valence-electron chi connectivity index (χ1n) is 5.40. The smallest absolute Gasteiger partial charge is 0.110 e. The number of ether oxygens (including phenoxy) is 1. The summed E-state index contributed by atoms with van der Waals surface area (Å²) in [7, 11) is 2.19. The second-order valence-electron chi connectivity index (χ2n) is 4.16. The van der Waals surface area contributed by atoms with Crippen molar-refractivity contribution in [1.29, 1.82) is 0 Å². The van der Waals surface area contributed by atoms with E-state index in [1.165, 1.54) is 45.4 Å². The first kappa shape index (κ1) is 9.44. The molecule has 2 heterocycles. The zero-order valence-electron chi connectivity index (χ0n) is 8.54. The van der Waals surface area contributed by atoms with Crippen LogP contribution in [0.4, 0.5) is 0 Å². The average molecular weight is 184 g/mol. The van der Waals surface area contributed by atoms with Crippen molar-refractivity contribution in [1.82, 2.24) is 9.80 Å². The maximum absolute atomic E-state index is 5.76. The normalized spacial score (nSPS) is 33.5. The van der Waals surface area contributed by atoms with Crippen molar-refractivity contribution in [3.63, 3.8) is 0 Å². The fourth-order valence-corrected chi connectivity index (χ4v) is 2.12. The molecule has 0 N–H and O–H groups in total. The van der Waals surface area contributed by atoms with E-state index >= 15 is 0 Å². The molecule has 0 aromatic heterocycles. The summed E-state index contributed by atoms with van der Waals surface area (Å²) in [4.78, 5) is 4.89. The lowest BCUT2D eigenvalue weighted by Gasteiger charge is -2.39. The molecule has 2 fully saturated rings. The molecule has 0 bridgehead atoms. The van der Waals surface area contributed by atoms with E-state index in [0.717, 1.165) is 6.61 Å². The Morgan fingerprint density at radius 1 is 1.08 bits per heavy atom. The molecule has 0 saturated carbocycles. The van der Waals surface area contributed by atoms with E-state index in [1.54, 1.807) is 0 Å². The van der Waals surface area contributed by atoms with Gasteiger partial charge in [0.1, 0.15) is 6.23 Å². The number of likely N-dealkylation sites (N-methyl/N-ethyl adjacent to an activating group) is 1. The van der Waals surface area contributed by atoms with Gasteiger partial charge in [0.2, 0.25) is 0 Å². The third-order valence-electron chi connectivity index (χ3n) is 3.10. The summed E-state index contributed by atoms with van der Waals surface area (Å²) >= 11 is 0. The Kier molecular flexibility index (Phi) is 3.19. The van der Waals surface area contributed by atoms with E-state index in [9.17, 15) is 0 Å². The zero-order chi connectivity index (χ0) is 9.10. The third kappa shape index (κ3) is 2.42. The lowest BCUT2D eigenvalue weighted by molar-refractivity contribution is -0.0973. The van der Waals surface area contributed by atoms with Gasteiger partial charge in [-0.1, -0.05) is 0 Å². The molecule has 13 heavy (non-hydrogen) atoms. The van der Waals surface area contributed by atoms with Gasteiger partial charge >= 0.3 is 0 Å². The lowest BCUT2D eigenvalue weighted by Crippen LogP contribution is -2.50. The van der Waals surface area contributed by atoms with Crippen LogP contribution >= 0.6 is 0 Å².